The van der Waals surface area contributed by atoms with E-state index in [-0.39, 0.29) is 0 Å². The van der Waals surface area contributed by atoms with E-state index >= 15 is 0 Å². The van der Waals surface area contributed by atoms with E-state index < -0.39 is 31.0 Å². The van der Waals surface area contributed by atoms with Crippen molar-refractivity contribution in [1.29, 1.82) is 0 Å². The molecule has 0 spiro atoms. The highest BCUT2D eigenvalue weighted by Gasteiger charge is 2.50. The molecule has 3 atom stereocenters. The van der Waals surface area contributed by atoms with Crippen LogP contribution in [0.25, 0.3) is 0 Å². The first kappa shape index (κ1) is 14.8. The molecule has 1 aliphatic heterocycles. The fourth-order valence-corrected chi connectivity index (χ4v) is 5.66. The molecule has 20 heavy (non-hydrogen) atoms. The van der Waals surface area contributed by atoms with E-state index in [2.05, 4.69) is 0 Å². The van der Waals surface area contributed by atoms with E-state index in [1.807, 2.05) is 6.07 Å². The number of hydrogen-bond acceptors (Lipinski definition) is 5. The number of hydrogen-bond donors (Lipinski definition) is 0. The van der Waals surface area contributed by atoms with Crippen LogP contribution in [0.2, 0.25) is 0 Å². The van der Waals surface area contributed by atoms with Gasteiger partial charge < -0.3 is 14.0 Å². The van der Waals surface area contributed by atoms with Crippen molar-refractivity contribution < 1.29 is 23.6 Å². The number of benzene rings is 1. The maximum absolute atomic E-state index is 13.2. The molecule has 0 N–H and O–H groups in total. The molecule has 2 rings (SSSR count). The molecule has 108 valence electrons. The fraction of sp³-hybridized carbons (Fsp3) is 0.429. The molecule has 1 heterocycles. The Morgan fingerprint density at radius 3 is 2.25 bits per heavy atom. The zero-order valence-corrected chi connectivity index (χ0v) is 12.3. The lowest BCUT2D eigenvalue weighted by Crippen LogP contribution is -2.31. The van der Waals surface area contributed by atoms with Crippen LogP contribution in [0.5, 0.6) is 0 Å². The van der Waals surface area contributed by atoms with Gasteiger partial charge in [-0.25, -0.2) is 0 Å². The molecule has 1 aromatic rings. The smallest absolute Gasteiger partial charge is 0.303 e. The molecule has 0 bridgehead atoms. The van der Waals surface area contributed by atoms with Gasteiger partial charge in [0.15, 0.2) is 13.0 Å². The highest BCUT2D eigenvalue weighted by molar-refractivity contribution is 7.72. The fourth-order valence-electron chi connectivity index (χ4n) is 2.48. The minimum Gasteiger partial charge on any atom is -0.458 e. The summed E-state index contributed by atoms with van der Waals surface area (Å²) in [6.07, 6.45) is 0.166. The van der Waals surface area contributed by atoms with Gasteiger partial charge in [0.25, 0.3) is 0 Å². The van der Waals surface area contributed by atoms with Gasteiger partial charge in [-0.05, 0) is 6.42 Å². The van der Waals surface area contributed by atoms with E-state index in [1.165, 1.54) is 13.8 Å². The lowest BCUT2D eigenvalue weighted by molar-refractivity contribution is -0.158. The lowest BCUT2D eigenvalue weighted by Gasteiger charge is -2.24. The Kier molecular flexibility index (Phi) is 4.29. The van der Waals surface area contributed by atoms with Crippen LogP contribution in [0, 0.1) is 0 Å². The standard InChI is InChI=1S/C14H17O5P/c1-10(15)18-13-8-9-20(17,14(13)19-11(2)16)12-6-4-3-5-7-12/h3-7,13-14H,8-9H2,1-2H3/t13-,14-,20?/m0/s1. The number of carbonyl (C=O) groups excluding carboxylic acids is 2. The molecule has 6 heteroatoms. The summed E-state index contributed by atoms with van der Waals surface area (Å²) < 4.78 is 23.6. The predicted molar refractivity (Wildman–Crippen MR) is 74.3 cm³/mol. The van der Waals surface area contributed by atoms with Gasteiger partial charge in [0, 0.05) is 25.3 Å². The molecule has 1 aromatic carbocycles. The molecule has 0 aliphatic carbocycles. The van der Waals surface area contributed by atoms with Crippen molar-refractivity contribution >= 4 is 24.4 Å². The predicted octanol–water partition coefficient (Wildman–Crippen LogP) is 1.90. The first-order valence-corrected chi connectivity index (χ1v) is 8.38. The summed E-state index contributed by atoms with van der Waals surface area (Å²) in [4.78, 5) is 22.4. The van der Waals surface area contributed by atoms with E-state index in [0.29, 0.717) is 17.9 Å². The molecule has 5 nitrogen and oxygen atoms in total. The Morgan fingerprint density at radius 1 is 1.10 bits per heavy atom. The zero-order chi connectivity index (χ0) is 14.8. The van der Waals surface area contributed by atoms with Crippen LogP contribution in [-0.4, -0.2) is 30.0 Å². The van der Waals surface area contributed by atoms with Crippen molar-refractivity contribution in [3.63, 3.8) is 0 Å². The summed E-state index contributed by atoms with van der Waals surface area (Å²) in [6.45, 7) is 2.55. The zero-order valence-electron chi connectivity index (χ0n) is 11.4. The van der Waals surface area contributed by atoms with Crippen LogP contribution in [0.1, 0.15) is 20.3 Å². The third-order valence-electron chi connectivity index (χ3n) is 3.27. The van der Waals surface area contributed by atoms with Gasteiger partial charge in [0.05, 0.1) is 0 Å². The average Bonchev–Trinajstić information content (AvgIpc) is 2.69. The van der Waals surface area contributed by atoms with Crippen LogP contribution >= 0.6 is 7.14 Å². The Bertz CT molecular complexity index is 554. The second kappa shape index (κ2) is 5.80. The van der Waals surface area contributed by atoms with Gasteiger partial charge in [0.2, 0.25) is 0 Å². The van der Waals surface area contributed by atoms with Crippen LogP contribution in [0.15, 0.2) is 30.3 Å². The second-order valence-corrected chi connectivity index (χ2v) is 7.86. The van der Waals surface area contributed by atoms with E-state index in [1.54, 1.807) is 24.3 Å². The molecule has 1 unspecified atom stereocenters. The minimum atomic E-state index is -2.92. The van der Waals surface area contributed by atoms with Gasteiger partial charge in [0.1, 0.15) is 6.10 Å². The van der Waals surface area contributed by atoms with Crippen molar-refractivity contribution in [3.05, 3.63) is 30.3 Å². The van der Waals surface area contributed by atoms with Crippen molar-refractivity contribution in [2.24, 2.45) is 0 Å². The van der Waals surface area contributed by atoms with E-state index in [9.17, 15) is 14.2 Å². The highest BCUT2D eigenvalue weighted by atomic mass is 31.2. The normalized spacial score (nSPS) is 28.9. The van der Waals surface area contributed by atoms with Gasteiger partial charge in [-0.1, -0.05) is 30.3 Å². The first-order valence-electron chi connectivity index (χ1n) is 6.42. The summed E-state index contributed by atoms with van der Waals surface area (Å²) in [7, 11) is -2.92. The number of carbonyl (C=O) groups is 2. The van der Waals surface area contributed by atoms with Crippen LogP contribution in [0.3, 0.4) is 0 Å². The summed E-state index contributed by atoms with van der Waals surface area (Å²) in [5.41, 5.74) is 0. The van der Waals surface area contributed by atoms with Crippen LogP contribution in [0.4, 0.5) is 0 Å². The maximum atomic E-state index is 13.2. The molecule has 1 saturated heterocycles. The molecule has 1 aliphatic rings. The van der Waals surface area contributed by atoms with Gasteiger partial charge in [-0.2, -0.15) is 0 Å². The van der Waals surface area contributed by atoms with E-state index in [4.69, 9.17) is 9.47 Å². The van der Waals surface area contributed by atoms with Crippen molar-refractivity contribution in [3.8, 4) is 0 Å². The Hall–Kier alpha value is -1.61. The van der Waals surface area contributed by atoms with Crippen LogP contribution < -0.4 is 5.30 Å². The SMILES string of the molecule is CC(=O)O[C@H]1CCP(=O)(c2ccccc2)[C@@H]1OC(C)=O. The molecule has 0 saturated carbocycles. The lowest BCUT2D eigenvalue weighted by atomic mass is 10.3. The van der Waals surface area contributed by atoms with Gasteiger partial charge in [-0.15, -0.1) is 0 Å². The number of esters is 2. The van der Waals surface area contributed by atoms with Crippen molar-refractivity contribution in [2.75, 3.05) is 6.16 Å². The molecular weight excluding hydrogens is 279 g/mol. The highest BCUT2D eigenvalue weighted by Crippen LogP contribution is 2.58. The molecule has 0 aromatic heterocycles. The average molecular weight is 296 g/mol. The molecule has 1 fully saturated rings. The minimum absolute atomic E-state index is 0.368. The Balaban J connectivity index is 2.34. The van der Waals surface area contributed by atoms with Crippen molar-refractivity contribution in [1.82, 2.24) is 0 Å². The third-order valence-corrected chi connectivity index (χ3v) is 6.63. The quantitative estimate of drug-likeness (QED) is 0.629. The molecule has 0 amide bonds. The maximum Gasteiger partial charge on any atom is 0.303 e. The summed E-state index contributed by atoms with van der Waals surface area (Å²) >= 11 is 0. The largest absolute Gasteiger partial charge is 0.458 e. The van der Waals surface area contributed by atoms with Crippen LogP contribution in [-0.2, 0) is 23.6 Å². The Morgan fingerprint density at radius 2 is 1.70 bits per heavy atom. The van der Waals surface area contributed by atoms with Crippen molar-refractivity contribution in [2.45, 2.75) is 32.2 Å². The van der Waals surface area contributed by atoms with Gasteiger partial charge in [-0.3, -0.25) is 9.59 Å². The molecule has 0 radical (unpaired) electrons. The summed E-state index contributed by atoms with van der Waals surface area (Å²) in [6, 6.07) is 8.93. The Labute approximate surface area is 117 Å². The summed E-state index contributed by atoms with van der Waals surface area (Å²) in [5, 5.41) is 0.654. The summed E-state index contributed by atoms with van der Waals surface area (Å²) in [5.74, 6) is -1.87. The monoisotopic (exact) mass is 296 g/mol. The first-order chi connectivity index (χ1) is 9.43. The number of rotatable bonds is 3. The second-order valence-electron chi connectivity index (χ2n) is 4.79. The number of ether oxygens (including phenoxy) is 2. The molecular formula is C14H17O5P. The van der Waals surface area contributed by atoms with E-state index in [0.717, 1.165) is 0 Å². The third kappa shape index (κ3) is 2.93. The topological polar surface area (TPSA) is 69.7 Å². The van der Waals surface area contributed by atoms with Gasteiger partial charge >= 0.3 is 11.9 Å².